The summed E-state index contributed by atoms with van der Waals surface area (Å²) in [5, 5.41) is 13.4. The number of nitrogens with zero attached hydrogens (tertiary/aromatic N) is 2. The average molecular weight is 359 g/mol. The third kappa shape index (κ3) is 4.44. The molecule has 1 aliphatic carbocycles. The predicted molar refractivity (Wildman–Crippen MR) is 100 cm³/mol. The Morgan fingerprint density at radius 1 is 1.32 bits per heavy atom. The first-order chi connectivity index (χ1) is 12.0. The fraction of sp³-hybridized carbons (Fsp3) is 0.474. The number of carbonyl (C=O) groups excluding carboxylic acids is 1. The SMILES string of the molecule is Cc1cccc(-n2ccnc2SCC(=O)NC2CCC(O)CC2)c1C. The van der Waals surface area contributed by atoms with Crippen molar-refractivity contribution in [3.8, 4) is 5.69 Å². The van der Waals surface area contributed by atoms with Crippen LogP contribution in [0.25, 0.3) is 5.69 Å². The van der Waals surface area contributed by atoms with Crippen LogP contribution in [-0.4, -0.2) is 38.5 Å². The van der Waals surface area contributed by atoms with Crippen molar-refractivity contribution in [1.82, 2.24) is 14.9 Å². The van der Waals surface area contributed by atoms with Crippen molar-refractivity contribution in [2.75, 3.05) is 5.75 Å². The lowest BCUT2D eigenvalue weighted by Gasteiger charge is -2.26. The average Bonchev–Trinajstić information content (AvgIpc) is 3.06. The summed E-state index contributed by atoms with van der Waals surface area (Å²) in [6, 6.07) is 6.39. The number of aliphatic hydroxyl groups is 1. The molecule has 0 spiro atoms. The van der Waals surface area contributed by atoms with Crippen LogP contribution in [0.15, 0.2) is 35.7 Å². The van der Waals surface area contributed by atoms with Crippen LogP contribution in [0.3, 0.4) is 0 Å². The molecule has 0 radical (unpaired) electrons. The van der Waals surface area contributed by atoms with E-state index >= 15 is 0 Å². The van der Waals surface area contributed by atoms with Gasteiger partial charge in [0, 0.05) is 18.4 Å². The van der Waals surface area contributed by atoms with E-state index in [1.165, 1.54) is 22.9 Å². The molecule has 25 heavy (non-hydrogen) atoms. The van der Waals surface area contributed by atoms with Crippen molar-refractivity contribution in [3.63, 3.8) is 0 Å². The number of amides is 1. The van der Waals surface area contributed by atoms with Gasteiger partial charge in [-0.1, -0.05) is 23.9 Å². The number of nitrogens with one attached hydrogen (secondary N) is 1. The van der Waals surface area contributed by atoms with Gasteiger partial charge in [-0.2, -0.15) is 0 Å². The third-order valence-electron chi connectivity index (χ3n) is 4.84. The van der Waals surface area contributed by atoms with E-state index in [1.807, 2.05) is 16.8 Å². The molecule has 134 valence electrons. The van der Waals surface area contributed by atoms with Gasteiger partial charge in [0.1, 0.15) is 0 Å². The lowest BCUT2D eigenvalue weighted by atomic mass is 9.93. The van der Waals surface area contributed by atoms with Crippen molar-refractivity contribution in [2.45, 2.75) is 56.8 Å². The number of hydrogen-bond acceptors (Lipinski definition) is 4. The van der Waals surface area contributed by atoms with Gasteiger partial charge in [0.2, 0.25) is 5.91 Å². The normalized spacial score (nSPS) is 20.4. The van der Waals surface area contributed by atoms with E-state index in [2.05, 4.69) is 36.3 Å². The topological polar surface area (TPSA) is 67.2 Å². The number of rotatable bonds is 5. The summed E-state index contributed by atoms with van der Waals surface area (Å²) in [7, 11) is 0. The van der Waals surface area contributed by atoms with Crippen molar-refractivity contribution in [3.05, 3.63) is 41.7 Å². The summed E-state index contributed by atoms with van der Waals surface area (Å²) in [5.74, 6) is 0.378. The fourth-order valence-electron chi connectivity index (χ4n) is 3.20. The summed E-state index contributed by atoms with van der Waals surface area (Å²) in [6.07, 6.45) is 6.76. The van der Waals surface area contributed by atoms with Gasteiger partial charge in [0.25, 0.3) is 0 Å². The zero-order chi connectivity index (χ0) is 17.8. The molecule has 0 aliphatic heterocycles. The maximum absolute atomic E-state index is 12.2. The smallest absolute Gasteiger partial charge is 0.230 e. The van der Waals surface area contributed by atoms with E-state index in [1.54, 1.807) is 6.20 Å². The standard InChI is InChI=1S/C19H25N3O2S/c1-13-4-3-5-17(14(13)2)22-11-10-20-19(22)25-12-18(24)21-15-6-8-16(23)9-7-15/h3-5,10-11,15-16,23H,6-9,12H2,1-2H3,(H,21,24). The molecule has 1 saturated carbocycles. The highest BCUT2D eigenvalue weighted by molar-refractivity contribution is 7.99. The number of aromatic nitrogens is 2. The molecule has 1 heterocycles. The maximum atomic E-state index is 12.2. The number of carbonyl (C=O) groups is 1. The second-order valence-corrected chi connectivity index (χ2v) is 7.60. The largest absolute Gasteiger partial charge is 0.393 e. The van der Waals surface area contributed by atoms with Crippen molar-refractivity contribution in [2.24, 2.45) is 0 Å². The van der Waals surface area contributed by atoms with Crippen LogP contribution in [-0.2, 0) is 4.79 Å². The van der Waals surface area contributed by atoms with Gasteiger partial charge in [-0.25, -0.2) is 4.98 Å². The van der Waals surface area contributed by atoms with E-state index < -0.39 is 0 Å². The molecule has 5 nitrogen and oxygen atoms in total. The van der Waals surface area contributed by atoms with Crippen LogP contribution in [0.1, 0.15) is 36.8 Å². The minimum Gasteiger partial charge on any atom is -0.393 e. The van der Waals surface area contributed by atoms with Gasteiger partial charge in [0.15, 0.2) is 5.16 Å². The van der Waals surface area contributed by atoms with Crippen LogP contribution in [0.2, 0.25) is 0 Å². The Kier molecular flexibility index (Phi) is 5.81. The molecule has 1 aromatic heterocycles. The molecular formula is C19H25N3O2S. The van der Waals surface area contributed by atoms with E-state index in [9.17, 15) is 9.90 Å². The zero-order valence-electron chi connectivity index (χ0n) is 14.7. The molecule has 1 aliphatic rings. The molecule has 0 saturated heterocycles. The Morgan fingerprint density at radius 2 is 2.08 bits per heavy atom. The quantitative estimate of drug-likeness (QED) is 0.806. The molecule has 0 unspecified atom stereocenters. The fourth-order valence-corrected chi connectivity index (χ4v) is 3.97. The first kappa shape index (κ1) is 18.0. The Labute approximate surface area is 152 Å². The van der Waals surface area contributed by atoms with Crippen LogP contribution >= 0.6 is 11.8 Å². The van der Waals surface area contributed by atoms with Gasteiger partial charge in [-0.15, -0.1) is 0 Å². The van der Waals surface area contributed by atoms with Crippen molar-refractivity contribution in [1.29, 1.82) is 0 Å². The van der Waals surface area contributed by atoms with E-state index in [4.69, 9.17) is 0 Å². The Morgan fingerprint density at radius 3 is 2.84 bits per heavy atom. The molecule has 0 bridgehead atoms. The molecule has 0 atom stereocenters. The number of imidazole rings is 1. The summed E-state index contributed by atoms with van der Waals surface area (Å²) >= 11 is 1.45. The predicted octanol–water partition coefficient (Wildman–Crippen LogP) is 3.00. The van der Waals surface area contributed by atoms with E-state index in [-0.39, 0.29) is 18.1 Å². The molecule has 1 fully saturated rings. The van der Waals surface area contributed by atoms with Crippen LogP contribution in [0.4, 0.5) is 0 Å². The van der Waals surface area contributed by atoms with Gasteiger partial charge in [-0.05, 0) is 56.7 Å². The van der Waals surface area contributed by atoms with Crippen molar-refractivity contribution < 1.29 is 9.90 Å². The number of hydrogen-bond donors (Lipinski definition) is 2. The summed E-state index contributed by atoms with van der Waals surface area (Å²) in [5.41, 5.74) is 3.55. The second kappa shape index (κ2) is 8.06. The van der Waals surface area contributed by atoms with Crippen LogP contribution in [0.5, 0.6) is 0 Å². The molecule has 2 N–H and O–H groups in total. The number of aryl methyl sites for hydroxylation is 1. The highest BCUT2D eigenvalue weighted by Gasteiger charge is 2.21. The van der Waals surface area contributed by atoms with E-state index in [0.29, 0.717) is 5.75 Å². The van der Waals surface area contributed by atoms with Crippen LogP contribution < -0.4 is 5.32 Å². The zero-order valence-corrected chi connectivity index (χ0v) is 15.6. The number of aliphatic hydroxyl groups excluding tert-OH is 1. The Balaban J connectivity index is 1.60. The summed E-state index contributed by atoms with van der Waals surface area (Å²) in [4.78, 5) is 16.6. The first-order valence-corrected chi connectivity index (χ1v) is 9.73. The van der Waals surface area contributed by atoms with Crippen LogP contribution in [0, 0.1) is 13.8 Å². The van der Waals surface area contributed by atoms with Gasteiger partial charge in [-0.3, -0.25) is 9.36 Å². The Hall–Kier alpha value is -1.79. The number of benzene rings is 1. The summed E-state index contributed by atoms with van der Waals surface area (Å²) in [6.45, 7) is 4.19. The second-order valence-electron chi connectivity index (χ2n) is 6.66. The highest BCUT2D eigenvalue weighted by atomic mass is 32.2. The first-order valence-electron chi connectivity index (χ1n) is 8.74. The molecule has 6 heteroatoms. The molecule has 1 amide bonds. The highest BCUT2D eigenvalue weighted by Crippen LogP contribution is 2.24. The maximum Gasteiger partial charge on any atom is 0.230 e. The minimum atomic E-state index is -0.201. The molecule has 2 aromatic rings. The summed E-state index contributed by atoms with van der Waals surface area (Å²) < 4.78 is 2.04. The lowest BCUT2D eigenvalue weighted by Crippen LogP contribution is -2.39. The van der Waals surface area contributed by atoms with Gasteiger partial charge < -0.3 is 10.4 Å². The van der Waals surface area contributed by atoms with Crippen molar-refractivity contribution >= 4 is 17.7 Å². The molecule has 1 aromatic carbocycles. The van der Waals surface area contributed by atoms with E-state index in [0.717, 1.165) is 36.5 Å². The van der Waals surface area contributed by atoms with Gasteiger partial charge >= 0.3 is 0 Å². The number of thioether (sulfide) groups is 1. The minimum absolute atomic E-state index is 0.0295. The molecular weight excluding hydrogens is 334 g/mol. The lowest BCUT2D eigenvalue weighted by molar-refractivity contribution is -0.119. The Bertz CT molecular complexity index is 736. The monoisotopic (exact) mass is 359 g/mol. The third-order valence-corrected chi connectivity index (χ3v) is 5.80. The van der Waals surface area contributed by atoms with Gasteiger partial charge in [0.05, 0.1) is 17.5 Å². The molecule has 3 rings (SSSR count).